The first-order valence-electron chi connectivity index (χ1n) is 10.5. The number of carbonyl (C=O) groups is 3. The minimum atomic E-state index is -5.08. The van der Waals surface area contributed by atoms with E-state index in [-0.39, 0.29) is 23.1 Å². The lowest BCUT2D eigenvalue weighted by atomic mass is 9.85. The number of halogens is 3. The largest absolute Gasteiger partial charge is 0.490 e. The van der Waals surface area contributed by atoms with Crippen molar-refractivity contribution in [2.45, 2.75) is 39.9 Å². The molecule has 2 aliphatic rings. The molecule has 2 amide bonds. The molecule has 0 aliphatic carbocycles. The Bertz CT molecular complexity index is 801. The first-order chi connectivity index (χ1) is 14.9. The van der Waals surface area contributed by atoms with Crippen LogP contribution < -0.4 is 0 Å². The summed E-state index contributed by atoms with van der Waals surface area (Å²) in [4.78, 5) is 40.4. The molecule has 0 radical (unpaired) electrons. The summed E-state index contributed by atoms with van der Waals surface area (Å²) in [7, 11) is 0. The molecular weight excluding hydrogens is 447 g/mol. The van der Waals surface area contributed by atoms with E-state index in [2.05, 4.69) is 21.7 Å². The van der Waals surface area contributed by atoms with Crippen molar-refractivity contribution in [3.8, 4) is 0 Å². The molecule has 11 heteroatoms. The van der Waals surface area contributed by atoms with Crippen LogP contribution in [-0.2, 0) is 20.9 Å². The Labute approximate surface area is 189 Å². The molecule has 1 atom stereocenters. The number of carbonyl (C=O) groups excluding carboxylic acids is 2. The van der Waals surface area contributed by atoms with Gasteiger partial charge in [0.05, 0.1) is 0 Å². The number of alkyl halides is 3. The van der Waals surface area contributed by atoms with E-state index in [0.29, 0.717) is 13.0 Å². The van der Waals surface area contributed by atoms with E-state index in [1.807, 2.05) is 30.6 Å². The second kappa shape index (κ2) is 10.7. The smallest absolute Gasteiger partial charge is 0.475 e. The van der Waals surface area contributed by atoms with Crippen molar-refractivity contribution >= 4 is 29.1 Å². The zero-order valence-electron chi connectivity index (χ0n) is 18.5. The Morgan fingerprint density at radius 3 is 2.34 bits per heavy atom. The van der Waals surface area contributed by atoms with Gasteiger partial charge in [0.15, 0.2) is 0 Å². The number of nitrogens with zero attached hydrogens (tertiary/aromatic N) is 3. The number of rotatable bonds is 4. The maximum Gasteiger partial charge on any atom is 0.490 e. The van der Waals surface area contributed by atoms with E-state index in [1.165, 1.54) is 5.56 Å². The number of thiophene rings is 1. The zero-order valence-corrected chi connectivity index (χ0v) is 19.3. The van der Waals surface area contributed by atoms with Crippen molar-refractivity contribution in [3.05, 3.63) is 22.4 Å². The molecule has 32 heavy (non-hydrogen) atoms. The van der Waals surface area contributed by atoms with Crippen LogP contribution in [0.5, 0.6) is 0 Å². The predicted octanol–water partition coefficient (Wildman–Crippen LogP) is 2.92. The fourth-order valence-electron chi connectivity index (χ4n) is 4.16. The Hall–Kier alpha value is -2.14. The topological polar surface area (TPSA) is 81.2 Å². The molecule has 1 spiro atoms. The zero-order chi connectivity index (χ0) is 24.1. The standard InChI is InChI=1S/C19H29N3O2S.C2HF3O2/c1-4-21-13-19(9-17(21)23)12-20(10-16-5-8-25-11-16)6-7-22(14-19)18(24)15(2)3;3-2(4,5)1(6)7/h5,8,11,15H,4,6-7,9-10,12-14H2,1-3H3;(H,6,7). The van der Waals surface area contributed by atoms with Gasteiger partial charge in [-0.15, -0.1) is 0 Å². The average Bonchev–Trinajstić information content (AvgIpc) is 3.26. The first-order valence-corrected chi connectivity index (χ1v) is 11.4. The number of carboxylic acids is 1. The number of amides is 2. The minimum absolute atomic E-state index is 0.000133. The van der Waals surface area contributed by atoms with Crippen molar-refractivity contribution in [1.82, 2.24) is 14.7 Å². The summed E-state index contributed by atoms with van der Waals surface area (Å²) in [5.41, 5.74) is 1.19. The van der Waals surface area contributed by atoms with E-state index in [0.717, 1.165) is 39.3 Å². The molecule has 2 aliphatic heterocycles. The molecule has 3 heterocycles. The van der Waals surface area contributed by atoms with Crippen LogP contribution >= 0.6 is 11.3 Å². The van der Waals surface area contributed by atoms with Gasteiger partial charge < -0.3 is 14.9 Å². The van der Waals surface area contributed by atoms with Crippen LogP contribution in [0.25, 0.3) is 0 Å². The third kappa shape index (κ3) is 6.93. The van der Waals surface area contributed by atoms with Gasteiger partial charge in [0.25, 0.3) is 0 Å². The van der Waals surface area contributed by atoms with Gasteiger partial charge in [-0.25, -0.2) is 4.79 Å². The molecular formula is C21H30F3N3O4S. The van der Waals surface area contributed by atoms with Gasteiger partial charge >= 0.3 is 12.1 Å². The highest BCUT2D eigenvalue weighted by Crippen LogP contribution is 2.35. The summed E-state index contributed by atoms with van der Waals surface area (Å²) in [5.74, 6) is -2.32. The highest BCUT2D eigenvalue weighted by molar-refractivity contribution is 7.07. The fraction of sp³-hybridized carbons (Fsp3) is 0.667. The molecule has 1 unspecified atom stereocenters. The van der Waals surface area contributed by atoms with Crippen molar-refractivity contribution in [1.29, 1.82) is 0 Å². The van der Waals surface area contributed by atoms with Crippen molar-refractivity contribution in [3.63, 3.8) is 0 Å². The highest BCUT2D eigenvalue weighted by Gasteiger charge is 2.46. The molecule has 3 rings (SSSR count). The van der Waals surface area contributed by atoms with Gasteiger partial charge in [0.2, 0.25) is 11.8 Å². The summed E-state index contributed by atoms with van der Waals surface area (Å²) in [6.45, 7) is 11.6. The lowest BCUT2D eigenvalue weighted by molar-refractivity contribution is -0.192. The number of carboxylic acid groups (broad SMARTS) is 1. The van der Waals surface area contributed by atoms with Gasteiger partial charge in [0.1, 0.15) is 0 Å². The Morgan fingerprint density at radius 1 is 1.22 bits per heavy atom. The molecule has 1 N–H and O–H groups in total. The maximum atomic E-state index is 12.7. The molecule has 0 bridgehead atoms. The van der Waals surface area contributed by atoms with Gasteiger partial charge in [0, 0.05) is 63.6 Å². The lowest BCUT2D eigenvalue weighted by Crippen LogP contribution is -2.45. The van der Waals surface area contributed by atoms with Crippen LogP contribution in [0.1, 0.15) is 32.8 Å². The van der Waals surface area contributed by atoms with E-state index in [1.54, 1.807) is 11.3 Å². The first kappa shape index (κ1) is 26.1. The molecule has 1 aromatic rings. The molecule has 1 aromatic heterocycles. The SMILES string of the molecule is CCN1CC2(CC1=O)CN(Cc1ccsc1)CCN(C(=O)C(C)C)C2.O=C(O)C(F)(F)F. The maximum absolute atomic E-state index is 12.7. The van der Waals surface area contributed by atoms with E-state index < -0.39 is 12.1 Å². The molecule has 180 valence electrons. The van der Waals surface area contributed by atoms with Crippen LogP contribution in [0, 0.1) is 11.3 Å². The number of hydrogen-bond acceptors (Lipinski definition) is 5. The summed E-state index contributed by atoms with van der Waals surface area (Å²) in [6, 6.07) is 2.16. The van der Waals surface area contributed by atoms with E-state index in [9.17, 15) is 22.8 Å². The lowest BCUT2D eigenvalue weighted by Gasteiger charge is -2.34. The predicted molar refractivity (Wildman–Crippen MR) is 114 cm³/mol. The average molecular weight is 478 g/mol. The Morgan fingerprint density at radius 2 is 1.88 bits per heavy atom. The molecule has 0 saturated carbocycles. The summed E-state index contributed by atoms with van der Waals surface area (Å²) in [5, 5.41) is 11.4. The third-order valence-electron chi connectivity index (χ3n) is 5.59. The highest BCUT2D eigenvalue weighted by atomic mass is 32.1. The van der Waals surface area contributed by atoms with E-state index >= 15 is 0 Å². The Balaban J connectivity index is 0.000000451. The second-order valence-electron chi connectivity index (χ2n) is 8.64. The molecule has 0 aromatic carbocycles. The van der Waals surface area contributed by atoms with Crippen molar-refractivity contribution < 1.29 is 32.7 Å². The van der Waals surface area contributed by atoms with E-state index in [4.69, 9.17) is 9.90 Å². The molecule has 7 nitrogen and oxygen atoms in total. The number of likely N-dealkylation sites (tertiary alicyclic amines) is 1. The monoisotopic (exact) mass is 477 g/mol. The molecule has 2 fully saturated rings. The minimum Gasteiger partial charge on any atom is -0.475 e. The fourth-order valence-corrected chi connectivity index (χ4v) is 4.82. The summed E-state index contributed by atoms with van der Waals surface area (Å²) < 4.78 is 31.7. The van der Waals surface area contributed by atoms with Crippen molar-refractivity contribution in [2.75, 3.05) is 39.3 Å². The van der Waals surface area contributed by atoms with Crippen LogP contribution in [0.2, 0.25) is 0 Å². The van der Waals surface area contributed by atoms with Gasteiger partial charge in [-0.3, -0.25) is 14.5 Å². The quantitative estimate of drug-likeness (QED) is 0.721. The third-order valence-corrected chi connectivity index (χ3v) is 6.32. The second-order valence-corrected chi connectivity index (χ2v) is 9.42. The summed E-state index contributed by atoms with van der Waals surface area (Å²) >= 11 is 1.72. The van der Waals surface area contributed by atoms with Gasteiger partial charge in [-0.1, -0.05) is 13.8 Å². The van der Waals surface area contributed by atoms with Crippen LogP contribution in [0.4, 0.5) is 13.2 Å². The Kier molecular flexibility index (Phi) is 8.69. The summed E-state index contributed by atoms with van der Waals surface area (Å²) in [6.07, 6.45) is -4.52. The molecule has 2 saturated heterocycles. The van der Waals surface area contributed by atoms with Gasteiger partial charge in [-0.05, 0) is 29.3 Å². The van der Waals surface area contributed by atoms with Crippen molar-refractivity contribution in [2.24, 2.45) is 11.3 Å². The van der Waals surface area contributed by atoms with Crippen LogP contribution in [0.3, 0.4) is 0 Å². The number of aliphatic carboxylic acids is 1. The van der Waals surface area contributed by atoms with Crippen LogP contribution in [-0.4, -0.2) is 83.0 Å². The normalized spacial score (nSPS) is 22.2. The van der Waals surface area contributed by atoms with Crippen LogP contribution in [0.15, 0.2) is 16.8 Å². The van der Waals surface area contributed by atoms with Gasteiger partial charge in [-0.2, -0.15) is 24.5 Å². The number of hydrogen-bond donors (Lipinski definition) is 1.